The van der Waals surface area contributed by atoms with Crippen molar-refractivity contribution in [2.45, 2.75) is 38.8 Å². The molecule has 1 aromatic heterocycles. The van der Waals surface area contributed by atoms with E-state index in [1.807, 2.05) is 57.2 Å². The lowest BCUT2D eigenvalue weighted by Crippen LogP contribution is -2.37. The lowest BCUT2D eigenvalue weighted by atomic mass is 10.1. The van der Waals surface area contributed by atoms with Gasteiger partial charge in [0.2, 0.25) is 0 Å². The third-order valence-electron chi connectivity index (χ3n) is 3.44. The molecule has 0 spiro atoms. The van der Waals surface area contributed by atoms with Gasteiger partial charge >= 0.3 is 6.09 Å². The van der Waals surface area contributed by atoms with Crippen molar-refractivity contribution in [3.8, 4) is 0 Å². The molecule has 2 aromatic rings. The van der Waals surface area contributed by atoms with Crippen molar-refractivity contribution in [3.63, 3.8) is 0 Å². The van der Waals surface area contributed by atoms with E-state index in [9.17, 15) is 4.79 Å². The van der Waals surface area contributed by atoms with Crippen molar-refractivity contribution in [1.29, 1.82) is 0 Å². The summed E-state index contributed by atoms with van der Waals surface area (Å²) >= 11 is 0. The number of amides is 1. The summed E-state index contributed by atoms with van der Waals surface area (Å²) in [6, 6.07) is 11.5. The fourth-order valence-corrected chi connectivity index (χ4v) is 2.63. The van der Waals surface area contributed by atoms with E-state index in [4.69, 9.17) is 9.15 Å². The van der Waals surface area contributed by atoms with Crippen LogP contribution >= 0.6 is 0 Å². The summed E-state index contributed by atoms with van der Waals surface area (Å²) in [5.74, 6) is 0.775. The Hall–Kier alpha value is -2.23. The van der Waals surface area contributed by atoms with Crippen LogP contribution in [0.4, 0.5) is 10.5 Å². The number of para-hydroxylation sites is 1. The Bertz CT molecular complexity index is 640. The van der Waals surface area contributed by atoms with Crippen LogP contribution in [0, 0.1) is 0 Å². The minimum absolute atomic E-state index is 0.146. The molecule has 4 heteroatoms. The van der Waals surface area contributed by atoms with E-state index in [2.05, 4.69) is 0 Å². The van der Waals surface area contributed by atoms with Gasteiger partial charge in [0.05, 0.1) is 12.0 Å². The van der Waals surface area contributed by atoms with Crippen LogP contribution in [-0.2, 0) is 11.2 Å². The number of rotatable bonds is 1. The zero-order valence-corrected chi connectivity index (χ0v) is 12.5. The molecular weight excluding hydrogens is 266 g/mol. The molecule has 0 bridgehead atoms. The average molecular weight is 285 g/mol. The van der Waals surface area contributed by atoms with Gasteiger partial charge in [-0.05, 0) is 44.5 Å². The van der Waals surface area contributed by atoms with Gasteiger partial charge in [-0.15, -0.1) is 0 Å². The molecule has 1 aromatic carbocycles. The molecule has 1 aliphatic heterocycles. The van der Waals surface area contributed by atoms with Crippen molar-refractivity contribution >= 4 is 11.8 Å². The third kappa shape index (κ3) is 2.66. The van der Waals surface area contributed by atoms with Gasteiger partial charge in [-0.1, -0.05) is 18.2 Å². The highest BCUT2D eigenvalue weighted by Crippen LogP contribution is 2.41. The zero-order valence-electron chi connectivity index (χ0n) is 12.5. The van der Waals surface area contributed by atoms with E-state index in [-0.39, 0.29) is 12.1 Å². The summed E-state index contributed by atoms with van der Waals surface area (Å²) in [7, 11) is 0. The minimum atomic E-state index is -0.525. The maximum atomic E-state index is 12.6. The normalized spacial score (nSPS) is 17.7. The van der Waals surface area contributed by atoms with Crippen LogP contribution in [0.3, 0.4) is 0 Å². The molecule has 1 unspecified atom stereocenters. The standard InChI is InChI=1S/C17H19NO3/c1-17(2,3)21-16(19)18-13-8-5-4-7-12(13)11-14(18)15-9-6-10-20-15/h4-10,14H,11H2,1-3H3. The molecule has 2 heterocycles. The van der Waals surface area contributed by atoms with E-state index in [0.29, 0.717) is 0 Å². The molecular formula is C17H19NO3. The molecule has 21 heavy (non-hydrogen) atoms. The number of furan rings is 1. The topological polar surface area (TPSA) is 42.7 Å². The first-order valence-electron chi connectivity index (χ1n) is 7.09. The highest BCUT2D eigenvalue weighted by atomic mass is 16.6. The Kier molecular flexibility index (Phi) is 3.24. The van der Waals surface area contributed by atoms with Crippen LogP contribution < -0.4 is 4.90 Å². The highest BCUT2D eigenvalue weighted by Gasteiger charge is 2.38. The lowest BCUT2D eigenvalue weighted by Gasteiger charge is -2.28. The monoisotopic (exact) mass is 285 g/mol. The number of hydrogen-bond acceptors (Lipinski definition) is 3. The van der Waals surface area contributed by atoms with Crippen molar-refractivity contribution < 1.29 is 13.9 Å². The average Bonchev–Trinajstić information content (AvgIpc) is 3.03. The molecule has 0 N–H and O–H groups in total. The number of nitrogens with zero attached hydrogens (tertiary/aromatic N) is 1. The Labute approximate surface area is 124 Å². The highest BCUT2D eigenvalue weighted by molar-refractivity contribution is 5.91. The summed E-state index contributed by atoms with van der Waals surface area (Å²) in [5, 5.41) is 0. The lowest BCUT2D eigenvalue weighted by molar-refractivity contribution is 0.0565. The number of carbonyl (C=O) groups excluding carboxylic acids is 1. The fraction of sp³-hybridized carbons (Fsp3) is 0.353. The summed E-state index contributed by atoms with van der Waals surface area (Å²) in [6.45, 7) is 5.61. The second kappa shape index (κ2) is 4.95. The van der Waals surface area contributed by atoms with Crippen LogP contribution in [0.1, 0.15) is 38.1 Å². The number of fused-ring (bicyclic) bond motifs is 1. The molecule has 1 atom stereocenters. The first-order valence-corrected chi connectivity index (χ1v) is 7.09. The molecule has 1 aliphatic rings. The SMILES string of the molecule is CC(C)(C)OC(=O)N1c2ccccc2CC1c1ccco1. The van der Waals surface area contributed by atoms with Crippen LogP contribution in [0.15, 0.2) is 47.1 Å². The van der Waals surface area contributed by atoms with Gasteiger partial charge in [0, 0.05) is 6.42 Å². The van der Waals surface area contributed by atoms with Gasteiger partial charge in [0.25, 0.3) is 0 Å². The van der Waals surface area contributed by atoms with Gasteiger partial charge in [-0.25, -0.2) is 4.79 Å². The molecule has 0 saturated heterocycles. The Balaban J connectivity index is 1.97. The molecule has 0 fully saturated rings. The third-order valence-corrected chi connectivity index (χ3v) is 3.44. The molecule has 0 aliphatic carbocycles. The van der Waals surface area contributed by atoms with E-state index in [1.165, 1.54) is 0 Å². The van der Waals surface area contributed by atoms with Gasteiger partial charge in [-0.3, -0.25) is 4.90 Å². The Morgan fingerprint density at radius 2 is 2.00 bits per heavy atom. The molecule has 4 nitrogen and oxygen atoms in total. The number of benzene rings is 1. The number of hydrogen-bond donors (Lipinski definition) is 0. The first-order chi connectivity index (χ1) is 9.96. The van der Waals surface area contributed by atoms with Crippen LogP contribution in [-0.4, -0.2) is 11.7 Å². The summed E-state index contributed by atoms with van der Waals surface area (Å²) in [4.78, 5) is 14.3. The zero-order chi connectivity index (χ0) is 15.0. The quantitative estimate of drug-likeness (QED) is 0.783. The van der Waals surface area contributed by atoms with Crippen molar-refractivity contribution in [2.24, 2.45) is 0 Å². The molecule has 0 radical (unpaired) electrons. The summed E-state index contributed by atoms with van der Waals surface area (Å²) in [6.07, 6.45) is 2.03. The van der Waals surface area contributed by atoms with Crippen LogP contribution in [0.5, 0.6) is 0 Å². The Morgan fingerprint density at radius 1 is 1.24 bits per heavy atom. The predicted octanol–water partition coefficient (Wildman–Crippen LogP) is 4.32. The molecule has 110 valence electrons. The Morgan fingerprint density at radius 3 is 2.67 bits per heavy atom. The predicted molar refractivity (Wildman–Crippen MR) is 80.3 cm³/mol. The van der Waals surface area contributed by atoms with Gasteiger partial charge in [-0.2, -0.15) is 0 Å². The van der Waals surface area contributed by atoms with E-state index < -0.39 is 5.60 Å². The fourth-order valence-electron chi connectivity index (χ4n) is 2.63. The maximum Gasteiger partial charge on any atom is 0.415 e. The number of anilines is 1. The molecule has 0 saturated carbocycles. The van der Waals surface area contributed by atoms with Crippen molar-refractivity contribution in [1.82, 2.24) is 0 Å². The van der Waals surface area contributed by atoms with E-state index in [1.54, 1.807) is 11.2 Å². The van der Waals surface area contributed by atoms with Gasteiger partial charge < -0.3 is 9.15 Å². The second-order valence-electron chi connectivity index (χ2n) is 6.21. The van der Waals surface area contributed by atoms with Gasteiger partial charge in [0.1, 0.15) is 17.4 Å². The van der Waals surface area contributed by atoms with Crippen LogP contribution in [0.25, 0.3) is 0 Å². The number of ether oxygens (including phenoxy) is 1. The molecule has 1 amide bonds. The second-order valence-corrected chi connectivity index (χ2v) is 6.21. The van der Waals surface area contributed by atoms with Crippen molar-refractivity contribution in [3.05, 3.63) is 54.0 Å². The van der Waals surface area contributed by atoms with E-state index in [0.717, 1.165) is 23.4 Å². The smallest absolute Gasteiger partial charge is 0.415 e. The van der Waals surface area contributed by atoms with Crippen molar-refractivity contribution in [2.75, 3.05) is 4.90 Å². The largest absolute Gasteiger partial charge is 0.467 e. The first kappa shape index (κ1) is 13.7. The van der Waals surface area contributed by atoms with Gasteiger partial charge in [0.15, 0.2) is 0 Å². The minimum Gasteiger partial charge on any atom is -0.467 e. The van der Waals surface area contributed by atoms with Crippen LogP contribution in [0.2, 0.25) is 0 Å². The van der Waals surface area contributed by atoms with E-state index >= 15 is 0 Å². The maximum absolute atomic E-state index is 12.6. The summed E-state index contributed by atoms with van der Waals surface area (Å²) in [5.41, 5.74) is 1.50. The number of carbonyl (C=O) groups is 1. The summed E-state index contributed by atoms with van der Waals surface area (Å²) < 4.78 is 11.1. The molecule has 3 rings (SSSR count).